The average Bonchev–Trinajstić information content (AvgIpc) is 1.52. The van der Waals surface area contributed by atoms with Gasteiger partial charge in [-0.1, -0.05) is 155 Å². The number of hydrogen-bond donors (Lipinski definition) is 4. The van der Waals surface area contributed by atoms with Crippen LogP contribution in [0.4, 0.5) is 52.7 Å². The van der Waals surface area contributed by atoms with Crippen molar-refractivity contribution in [3.8, 4) is 57.7 Å². The van der Waals surface area contributed by atoms with Crippen LogP contribution in [0, 0.1) is 36.5 Å². The summed E-state index contributed by atoms with van der Waals surface area (Å²) in [7, 11) is -18.4. The van der Waals surface area contributed by atoms with Gasteiger partial charge in [-0.15, -0.1) is 0 Å². The van der Waals surface area contributed by atoms with Gasteiger partial charge in [-0.2, -0.15) is 88.5 Å². The predicted octanol–water partition coefficient (Wildman–Crippen LogP) is 12.8. The van der Waals surface area contributed by atoms with Gasteiger partial charge in [0.15, 0.2) is 11.2 Å². The second-order valence-corrected chi connectivity index (χ2v) is 35.3. The highest BCUT2D eigenvalue weighted by Crippen LogP contribution is 2.42. The quantitative estimate of drug-likeness (QED) is 0.0121. The number of ether oxygens (including phenoxy) is 4. The van der Waals surface area contributed by atoms with Crippen molar-refractivity contribution in [3.05, 3.63) is 228 Å². The highest BCUT2D eigenvalue weighted by atomic mass is 32.2. The molecule has 0 aliphatic carbocycles. The Balaban J connectivity index is 1.25. The zero-order valence-electron chi connectivity index (χ0n) is 68.3. The van der Waals surface area contributed by atoms with Crippen LogP contribution in [-0.4, -0.2) is 130 Å². The molecule has 12 aromatic rings. The maximum Gasteiger partial charge on any atom is 0.516 e. The summed E-state index contributed by atoms with van der Waals surface area (Å²) in [4.78, 5) is 61.4. The molecule has 26 nitrogen and oxygen atoms in total. The first-order valence-electron chi connectivity index (χ1n) is 39.7. The van der Waals surface area contributed by atoms with E-state index in [1.165, 1.54) is 30.3 Å². The summed E-state index contributed by atoms with van der Waals surface area (Å²) >= 11 is -0.753. The third-order valence-electron chi connectivity index (χ3n) is 19.9. The molecule has 0 spiro atoms. The van der Waals surface area contributed by atoms with E-state index in [2.05, 4.69) is 12.1 Å². The van der Waals surface area contributed by atoms with Crippen LogP contribution in [0.2, 0.25) is 0 Å². The molecule has 4 heterocycles. The van der Waals surface area contributed by atoms with Gasteiger partial charge in [0.2, 0.25) is 35.4 Å². The smallest absolute Gasteiger partial charge is 0.493 e. The molecular weight excluding hydrogens is 1810 g/mol. The number of halogens is 12. The molecule has 0 bridgehead atoms. The van der Waals surface area contributed by atoms with Crippen LogP contribution in [0.3, 0.4) is 0 Å². The number of alkyl halides is 12. The molecule has 0 aliphatic rings. The van der Waals surface area contributed by atoms with Gasteiger partial charge in [0.1, 0.15) is 57.3 Å². The van der Waals surface area contributed by atoms with Crippen molar-refractivity contribution in [2.75, 3.05) is 26.4 Å². The Labute approximate surface area is 739 Å². The number of unbranched alkanes of at least 4 members (excludes halogenated alkanes) is 4. The lowest BCUT2D eigenvalue weighted by Crippen LogP contribution is -2.54. The van der Waals surface area contributed by atoms with Crippen LogP contribution in [0.25, 0.3) is 66.6 Å². The Hall–Kier alpha value is -13.2. The molecule has 4 aromatic heterocycles. The van der Waals surface area contributed by atoms with Crippen molar-refractivity contribution in [2.45, 2.75) is 113 Å². The summed E-state index contributed by atoms with van der Waals surface area (Å²) in [5.41, 5.74) is -18.7. The molecule has 4 amide bonds. The van der Waals surface area contributed by atoms with E-state index in [1.54, 1.807) is 191 Å². The molecule has 0 aliphatic heterocycles. The van der Waals surface area contributed by atoms with E-state index in [4.69, 9.17) is 37.7 Å². The van der Waals surface area contributed by atoms with Crippen LogP contribution < -0.4 is 70.4 Å². The fourth-order valence-corrected chi connectivity index (χ4v) is 16.1. The number of fused-ring (bicyclic) bond motifs is 3. The first kappa shape index (κ1) is 95.9. The van der Waals surface area contributed by atoms with E-state index in [9.17, 15) is 108 Å². The molecule has 678 valence electrons. The first-order chi connectivity index (χ1) is 61.6. The van der Waals surface area contributed by atoms with Gasteiger partial charge in [0.25, 0.3) is 0 Å². The topological polar surface area (TPSA) is 365 Å². The van der Waals surface area contributed by atoms with Gasteiger partial charge in [-0.05, 0) is 125 Å². The maximum absolute atomic E-state index is 13.5. The van der Waals surface area contributed by atoms with Crippen molar-refractivity contribution in [1.82, 2.24) is 37.8 Å². The van der Waals surface area contributed by atoms with Crippen LogP contribution in [-0.2, 0) is 49.2 Å². The van der Waals surface area contributed by atoms with Crippen LogP contribution in [0.15, 0.2) is 203 Å². The number of nitrogens with zero attached hydrogens (tertiary/aromatic N) is 6. The number of oxazole rings is 2. The number of amides is 4. The number of sulfonamides is 3. The summed E-state index contributed by atoms with van der Waals surface area (Å²) in [6.07, 6.45) is -4.20. The van der Waals surface area contributed by atoms with E-state index in [0.717, 1.165) is 14.2 Å². The number of carbonyl (C=O) groups is 4. The number of benzene rings is 8. The van der Waals surface area contributed by atoms with E-state index < -0.39 is 140 Å². The lowest BCUT2D eigenvalue weighted by molar-refractivity contribution is -0.120. The summed E-state index contributed by atoms with van der Waals surface area (Å²) in [5.74, 6) is -6.55. The Morgan fingerprint density at radius 1 is 0.408 bits per heavy atom. The summed E-state index contributed by atoms with van der Waals surface area (Å²) in [6.45, 7) is -0.358. The number of rotatable bonds is 38. The highest BCUT2D eigenvalue weighted by molar-refractivity contribution is 7.98. The second-order valence-electron chi connectivity index (χ2n) is 29.4. The molecule has 0 unspecified atom stereocenters. The number of nitrogens with one attached hydrogen (secondary N) is 4. The van der Waals surface area contributed by atoms with Crippen LogP contribution in [0.1, 0.15) is 100.0 Å². The minimum Gasteiger partial charge on any atom is -0.493 e. The molecule has 0 radical (unpaired) electrons. The van der Waals surface area contributed by atoms with Crippen LogP contribution >= 0.6 is 11.9 Å². The number of nitriles is 2. The highest BCUT2D eigenvalue weighted by Gasteiger charge is 2.49. The SMILES string of the molecule is Cc1ccc2oc(/C(C#N)=c3\c4c(-c5cc(OCCCCC(=O)NS(=O)(=O)C(F)(F)F)cc(OCCCCC(=O)NS(=O)(=O)C(F)(F)F)c5)n(B(c5ccccc5)c5ccccc5)/c(=C(\C#N)c5nc6cc(C)ccc6o5)c4c(-c4cc(OCCCCC(=O)NSC(F)(F)F)cc(OCCCCC(=O)NS(=O)(=O)C(F)(F)F)c4)n3B(c3ccccc3)c3ccccc3)nc2c1. The molecule has 0 fully saturated rings. The van der Waals surface area contributed by atoms with E-state index in [1.807, 2.05) is 0 Å². The van der Waals surface area contributed by atoms with Gasteiger partial charge >= 0.3 is 65.8 Å². The number of carbonyl (C=O) groups excluding carboxylic acids is 4. The van der Waals surface area contributed by atoms with Crippen molar-refractivity contribution in [2.24, 2.45) is 0 Å². The molecule has 0 saturated carbocycles. The standard InChI is InChI=1S/C86H74B2F12N10O16S4/c1-53-35-37-69-67(43-53)103-81(125-69)65(51-101)79-75-76(78(110(79)88(59-27-11-5-12-28-59)60-29-13-6-14-30-60)56-47-63(123-41-21-17-33-73(113)107-129(117,118)85(95,96)97)50-64(48-56)124-42-22-18-34-74(114)108-130(119,120)86(98,99)100)80(66(52-102)82-104-68-44-54(2)36-38-70(68)126-82)109(87(57-23-7-3-8-24-57)58-25-9-4-10-26-58)77(75)55-45-61(121-39-19-15-31-71(111)105-127-83(89,90)91)49-62(46-55)122-40-20-16-32-72(112)106-128(115,116)84(92,93)94/h3-14,23-30,35-38,43-50H,15-22,31-34,39-42H2,1-2H3,(H,105,111)(H,106,112)(H,107,113)(H,108,114)/b79-65+,80-66+. The molecule has 0 saturated heterocycles. The Kier molecular flexibility index (Phi) is 30.0. The number of aromatic nitrogens is 4. The minimum absolute atomic E-state index is 0.00435. The van der Waals surface area contributed by atoms with Crippen molar-refractivity contribution in [1.29, 1.82) is 10.5 Å². The Bertz CT molecular complexity index is 6300. The maximum atomic E-state index is 13.5. The third-order valence-corrected chi connectivity index (χ3v) is 23.7. The second kappa shape index (κ2) is 40.6. The van der Waals surface area contributed by atoms with Gasteiger partial charge in [-0.25, -0.2) is 24.1 Å². The lowest BCUT2D eigenvalue weighted by Gasteiger charge is -2.24. The fourth-order valence-electron chi connectivity index (χ4n) is 14.2. The van der Waals surface area contributed by atoms with Crippen molar-refractivity contribution >= 4 is 145 Å². The number of hydrogen-bond acceptors (Lipinski definition) is 21. The molecule has 0 atom stereocenters. The van der Waals surface area contributed by atoms with Crippen molar-refractivity contribution < 1.29 is 125 Å². The lowest BCUT2D eigenvalue weighted by atomic mass is 9.50. The Morgan fingerprint density at radius 2 is 0.692 bits per heavy atom. The summed E-state index contributed by atoms with van der Waals surface area (Å²) < 4.78 is 281. The number of aryl methyl sites for hydroxylation is 2. The van der Waals surface area contributed by atoms with Gasteiger partial charge in [0.05, 0.1) is 49.1 Å². The van der Waals surface area contributed by atoms with E-state index in [-0.39, 0.29) is 177 Å². The van der Waals surface area contributed by atoms with E-state index in [0.29, 0.717) is 33.0 Å². The van der Waals surface area contributed by atoms with Gasteiger partial charge < -0.3 is 36.7 Å². The third kappa shape index (κ3) is 23.3. The molecular formula is C86H74B2F12N10O16S4. The van der Waals surface area contributed by atoms with Gasteiger partial charge in [-0.3, -0.25) is 23.9 Å². The molecule has 4 N–H and O–H groups in total. The monoisotopic (exact) mass is 1880 g/mol. The van der Waals surface area contributed by atoms with Crippen molar-refractivity contribution in [3.63, 3.8) is 0 Å². The fraction of sp³-hybridized carbons (Fsp3) is 0.256. The zero-order valence-corrected chi connectivity index (χ0v) is 71.6. The molecule has 44 heteroatoms. The van der Waals surface area contributed by atoms with Crippen LogP contribution in [0.5, 0.6) is 23.0 Å². The Morgan fingerprint density at radius 3 is 0.962 bits per heavy atom. The normalized spacial score (nSPS) is 12.7. The predicted molar refractivity (Wildman–Crippen MR) is 459 cm³/mol. The average molecular weight is 1880 g/mol. The van der Waals surface area contributed by atoms with Gasteiger partial charge in [0, 0.05) is 71.1 Å². The summed E-state index contributed by atoms with van der Waals surface area (Å²) in [5, 5.41) is 25.5. The minimum atomic E-state index is -6.13. The largest absolute Gasteiger partial charge is 0.516 e. The summed E-state index contributed by atoms with van der Waals surface area (Å²) in [6, 6.07) is 59.0. The zero-order chi connectivity index (χ0) is 93.7. The molecule has 8 aromatic carbocycles. The molecule has 12 rings (SSSR count). The van der Waals surface area contributed by atoms with E-state index >= 15 is 0 Å². The first-order valence-corrected chi connectivity index (χ1v) is 44.9. The molecule has 130 heavy (non-hydrogen) atoms.